The Labute approximate surface area is 129 Å². The highest BCUT2D eigenvalue weighted by Crippen LogP contribution is 2.24. The van der Waals surface area contributed by atoms with Crippen LogP contribution in [0.15, 0.2) is 48.0 Å². The van der Waals surface area contributed by atoms with Crippen LogP contribution in [-0.4, -0.2) is 42.0 Å². The second kappa shape index (κ2) is 6.35. The van der Waals surface area contributed by atoms with Crippen LogP contribution in [0, 0.1) is 0 Å². The van der Waals surface area contributed by atoms with E-state index in [2.05, 4.69) is 25.1 Å². The van der Waals surface area contributed by atoms with Gasteiger partial charge in [0.1, 0.15) is 0 Å². The van der Waals surface area contributed by atoms with Gasteiger partial charge in [0.25, 0.3) is 0 Å². The predicted octanol–water partition coefficient (Wildman–Crippen LogP) is 2.11. The zero-order valence-corrected chi connectivity index (χ0v) is 12.1. The summed E-state index contributed by atoms with van der Waals surface area (Å²) in [5.74, 6) is -0.392. The third-order valence-electron chi connectivity index (χ3n) is 2.78. The molecule has 8 heteroatoms. The standard InChI is InChI=1S/C14H11N5O2S/c20-12(21)8-22-14-17-13(18-19-14)10-3-1-2-9(6-10)11-7-15-4-5-16-11/h1-7H,8H2,(H,20,21)(H,17,18,19). The number of nitrogens with one attached hydrogen (secondary N) is 1. The number of nitrogens with zero attached hydrogens (tertiary/aromatic N) is 4. The quantitative estimate of drug-likeness (QED) is 0.695. The summed E-state index contributed by atoms with van der Waals surface area (Å²) < 4.78 is 0. The molecule has 7 nitrogen and oxygen atoms in total. The highest BCUT2D eigenvalue weighted by molar-refractivity contribution is 7.99. The topological polar surface area (TPSA) is 105 Å². The Morgan fingerprint density at radius 3 is 2.91 bits per heavy atom. The molecule has 3 aromatic rings. The van der Waals surface area contributed by atoms with Crippen molar-refractivity contribution in [3.8, 4) is 22.6 Å². The van der Waals surface area contributed by atoms with E-state index in [0.717, 1.165) is 28.6 Å². The number of aromatic nitrogens is 5. The Morgan fingerprint density at radius 1 is 1.27 bits per heavy atom. The Bertz CT molecular complexity index is 791. The highest BCUT2D eigenvalue weighted by Gasteiger charge is 2.09. The first-order valence-electron chi connectivity index (χ1n) is 6.36. The number of hydrogen-bond donors (Lipinski definition) is 2. The molecule has 22 heavy (non-hydrogen) atoms. The smallest absolute Gasteiger partial charge is 0.313 e. The van der Waals surface area contributed by atoms with Crippen LogP contribution in [0.25, 0.3) is 22.6 Å². The van der Waals surface area contributed by atoms with Gasteiger partial charge in [0.2, 0.25) is 5.16 Å². The molecule has 0 aliphatic rings. The molecule has 0 radical (unpaired) electrons. The lowest BCUT2D eigenvalue weighted by Gasteiger charge is -2.02. The first-order valence-corrected chi connectivity index (χ1v) is 7.35. The maximum absolute atomic E-state index is 10.6. The summed E-state index contributed by atoms with van der Waals surface area (Å²) in [6, 6.07) is 7.65. The van der Waals surface area contributed by atoms with Crippen molar-refractivity contribution in [1.29, 1.82) is 0 Å². The van der Waals surface area contributed by atoms with Crippen LogP contribution in [0.2, 0.25) is 0 Å². The number of rotatable bonds is 5. The number of hydrogen-bond acceptors (Lipinski definition) is 6. The number of thioether (sulfide) groups is 1. The molecule has 0 saturated heterocycles. The SMILES string of the molecule is O=C(O)CSc1n[nH]c(-c2cccc(-c3cnccn3)c2)n1. The van der Waals surface area contributed by atoms with Gasteiger partial charge in [0.15, 0.2) is 5.82 Å². The monoisotopic (exact) mass is 313 g/mol. The first-order chi connectivity index (χ1) is 10.7. The summed E-state index contributed by atoms with van der Waals surface area (Å²) in [6.45, 7) is 0. The van der Waals surface area contributed by atoms with Crippen LogP contribution >= 0.6 is 11.8 Å². The van der Waals surface area contributed by atoms with E-state index in [1.807, 2.05) is 24.3 Å². The molecule has 0 aliphatic carbocycles. The minimum Gasteiger partial charge on any atom is -0.481 e. The van der Waals surface area contributed by atoms with Gasteiger partial charge >= 0.3 is 5.97 Å². The molecule has 0 saturated carbocycles. The average molecular weight is 313 g/mol. The van der Waals surface area contributed by atoms with Crippen LogP contribution in [0.4, 0.5) is 0 Å². The van der Waals surface area contributed by atoms with Crippen LogP contribution in [0.5, 0.6) is 0 Å². The summed E-state index contributed by atoms with van der Waals surface area (Å²) in [6.07, 6.45) is 4.94. The van der Waals surface area contributed by atoms with Gasteiger partial charge in [-0.05, 0) is 6.07 Å². The summed E-state index contributed by atoms with van der Waals surface area (Å²) >= 11 is 1.07. The molecule has 0 bridgehead atoms. The number of aliphatic carboxylic acids is 1. The minimum atomic E-state index is -0.902. The van der Waals surface area contributed by atoms with Crippen LogP contribution in [0.3, 0.4) is 0 Å². The third kappa shape index (κ3) is 3.29. The molecule has 0 fully saturated rings. The molecule has 110 valence electrons. The summed E-state index contributed by atoms with van der Waals surface area (Å²) in [4.78, 5) is 23.1. The Hall–Kier alpha value is -2.74. The number of aromatic amines is 1. The van der Waals surface area contributed by atoms with Crippen molar-refractivity contribution >= 4 is 17.7 Å². The predicted molar refractivity (Wildman–Crippen MR) is 81.2 cm³/mol. The van der Waals surface area contributed by atoms with E-state index in [4.69, 9.17) is 5.11 Å². The van der Waals surface area contributed by atoms with Gasteiger partial charge in [0.05, 0.1) is 17.6 Å². The average Bonchev–Trinajstić information content (AvgIpc) is 3.03. The zero-order valence-electron chi connectivity index (χ0n) is 11.3. The van der Waals surface area contributed by atoms with Crippen molar-refractivity contribution in [2.45, 2.75) is 5.16 Å². The van der Waals surface area contributed by atoms with Crippen molar-refractivity contribution in [1.82, 2.24) is 25.1 Å². The van der Waals surface area contributed by atoms with Crippen molar-refractivity contribution in [3.05, 3.63) is 42.9 Å². The fourth-order valence-corrected chi connectivity index (χ4v) is 2.36. The van der Waals surface area contributed by atoms with E-state index in [1.54, 1.807) is 18.6 Å². The van der Waals surface area contributed by atoms with E-state index in [9.17, 15) is 4.79 Å². The van der Waals surface area contributed by atoms with Crippen molar-refractivity contribution in [2.24, 2.45) is 0 Å². The number of carboxylic acid groups (broad SMARTS) is 1. The fraction of sp³-hybridized carbons (Fsp3) is 0.0714. The highest BCUT2D eigenvalue weighted by atomic mass is 32.2. The largest absolute Gasteiger partial charge is 0.481 e. The van der Waals surface area contributed by atoms with Crippen molar-refractivity contribution < 1.29 is 9.90 Å². The maximum Gasteiger partial charge on any atom is 0.313 e. The summed E-state index contributed by atoms with van der Waals surface area (Å²) in [5, 5.41) is 15.9. The van der Waals surface area contributed by atoms with Gasteiger partial charge in [-0.1, -0.05) is 30.0 Å². The zero-order chi connectivity index (χ0) is 15.4. The Balaban J connectivity index is 1.85. The molecule has 0 unspecified atom stereocenters. The van der Waals surface area contributed by atoms with Gasteiger partial charge in [-0.2, -0.15) is 0 Å². The van der Waals surface area contributed by atoms with Crippen LogP contribution in [-0.2, 0) is 4.79 Å². The van der Waals surface area contributed by atoms with Crippen LogP contribution in [0.1, 0.15) is 0 Å². The molecule has 1 aromatic carbocycles. The second-order valence-corrected chi connectivity index (χ2v) is 5.26. The summed E-state index contributed by atoms with van der Waals surface area (Å²) in [7, 11) is 0. The van der Waals surface area contributed by atoms with Gasteiger partial charge in [-0.15, -0.1) is 5.10 Å². The molecule has 0 atom stereocenters. The third-order valence-corrected chi connectivity index (χ3v) is 3.62. The lowest BCUT2D eigenvalue weighted by molar-refractivity contribution is -0.133. The van der Waals surface area contributed by atoms with Gasteiger partial charge in [-0.3, -0.25) is 19.9 Å². The normalized spacial score (nSPS) is 10.5. The lowest BCUT2D eigenvalue weighted by Crippen LogP contribution is -1.97. The van der Waals surface area contributed by atoms with Gasteiger partial charge < -0.3 is 5.11 Å². The molecule has 3 rings (SSSR count). The van der Waals surface area contributed by atoms with Gasteiger partial charge in [-0.25, -0.2) is 4.98 Å². The fourth-order valence-electron chi connectivity index (χ4n) is 1.84. The van der Waals surface area contributed by atoms with E-state index in [1.165, 1.54) is 0 Å². The van der Waals surface area contributed by atoms with Crippen molar-refractivity contribution in [2.75, 3.05) is 5.75 Å². The molecule has 0 amide bonds. The van der Waals surface area contributed by atoms with Gasteiger partial charge in [0, 0.05) is 23.5 Å². The number of carbonyl (C=O) groups is 1. The first kappa shape index (κ1) is 14.2. The Kier molecular flexibility index (Phi) is 4.10. The second-order valence-electron chi connectivity index (χ2n) is 4.32. The molecule has 2 heterocycles. The molecule has 2 N–H and O–H groups in total. The molecule has 2 aromatic heterocycles. The molecular weight excluding hydrogens is 302 g/mol. The van der Waals surface area contributed by atoms with E-state index in [-0.39, 0.29) is 5.75 Å². The minimum absolute atomic E-state index is 0.0725. The maximum atomic E-state index is 10.6. The lowest BCUT2D eigenvalue weighted by atomic mass is 10.1. The number of H-pyrrole nitrogens is 1. The molecule has 0 spiro atoms. The summed E-state index contributed by atoms with van der Waals surface area (Å²) in [5.41, 5.74) is 2.53. The number of benzene rings is 1. The van der Waals surface area contributed by atoms with Crippen molar-refractivity contribution in [3.63, 3.8) is 0 Å². The molecular formula is C14H11N5O2S. The Morgan fingerprint density at radius 2 is 2.14 bits per heavy atom. The van der Waals surface area contributed by atoms with E-state index in [0.29, 0.717) is 11.0 Å². The number of carboxylic acids is 1. The van der Waals surface area contributed by atoms with E-state index < -0.39 is 5.97 Å². The van der Waals surface area contributed by atoms with Crippen LogP contribution < -0.4 is 0 Å². The molecule has 0 aliphatic heterocycles. The van der Waals surface area contributed by atoms with E-state index >= 15 is 0 Å².